The first-order chi connectivity index (χ1) is 6.79. The average molecular weight is 189 g/mol. The van der Waals surface area contributed by atoms with E-state index in [9.17, 15) is 0 Å². The molecule has 1 aromatic carbocycles. The normalized spacial score (nSPS) is 23.7. The lowest BCUT2D eigenvalue weighted by Crippen LogP contribution is -2.27. The molecule has 1 heterocycles. The maximum atomic E-state index is 3.58. The zero-order chi connectivity index (χ0) is 9.97. The minimum absolute atomic E-state index is 0.652. The highest BCUT2D eigenvalue weighted by atomic mass is 14.9. The summed E-state index contributed by atoms with van der Waals surface area (Å²) in [4.78, 5) is 0. The summed E-state index contributed by atoms with van der Waals surface area (Å²) in [5.74, 6) is 0.652. The van der Waals surface area contributed by atoms with E-state index in [2.05, 4.69) is 43.4 Å². The van der Waals surface area contributed by atoms with E-state index in [1.165, 1.54) is 30.5 Å². The van der Waals surface area contributed by atoms with Crippen LogP contribution in [0.15, 0.2) is 24.3 Å². The second-order valence-electron chi connectivity index (χ2n) is 4.35. The van der Waals surface area contributed by atoms with E-state index in [1.807, 2.05) is 0 Å². The highest BCUT2D eigenvalue weighted by molar-refractivity contribution is 5.30. The Morgan fingerprint density at radius 3 is 2.79 bits per heavy atom. The van der Waals surface area contributed by atoms with Crippen LogP contribution in [0.25, 0.3) is 0 Å². The van der Waals surface area contributed by atoms with E-state index in [0.717, 1.165) is 0 Å². The van der Waals surface area contributed by atoms with Crippen LogP contribution in [-0.2, 0) is 0 Å². The highest BCUT2D eigenvalue weighted by Gasteiger charge is 2.22. The fourth-order valence-corrected chi connectivity index (χ4v) is 2.45. The van der Waals surface area contributed by atoms with Crippen LogP contribution >= 0.6 is 0 Å². The van der Waals surface area contributed by atoms with E-state index in [4.69, 9.17) is 0 Å². The van der Waals surface area contributed by atoms with Crippen LogP contribution < -0.4 is 5.32 Å². The Morgan fingerprint density at radius 2 is 2.14 bits per heavy atom. The van der Waals surface area contributed by atoms with Gasteiger partial charge in [-0.25, -0.2) is 0 Å². The Balaban J connectivity index is 2.17. The van der Waals surface area contributed by atoms with Gasteiger partial charge in [0.05, 0.1) is 0 Å². The Bertz CT molecular complexity index is 300. The lowest BCUT2D eigenvalue weighted by molar-refractivity contribution is 0.516. The first-order valence-electron chi connectivity index (χ1n) is 5.58. The van der Waals surface area contributed by atoms with Gasteiger partial charge in [-0.05, 0) is 43.4 Å². The third-order valence-electron chi connectivity index (χ3n) is 3.38. The third kappa shape index (κ3) is 1.83. The van der Waals surface area contributed by atoms with Crippen molar-refractivity contribution in [3.05, 3.63) is 35.4 Å². The van der Waals surface area contributed by atoms with Crippen LogP contribution in [0.1, 0.15) is 36.8 Å². The molecule has 0 radical (unpaired) electrons. The number of aryl methyl sites for hydroxylation is 1. The molecule has 1 N–H and O–H groups in total. The summed E-state index contributed by atoms with van der Waals surface area (Å²) in [6.45, 7) is 5.74. The maximum Gasteiger partial charge on any atom is 0.0134 e. The fraction of sp³-hybridized carbons (Fsp3) is 0.538. The van der Waals surface area contributed by atoms with E-state index in [-0.39, 0.29) is 0 Å². The van der Waals surface area contributed by atoms with Crippen LogP contribution in [0.2, 0.25) is 0 Å². The minimum atomic E-state index is 0.652. The maximum absolute atomic E-state index is 3.58. The summed E-state index contributed by atoms with van der Waals surface area (Å²) in [7, 11) is 0. The van der Waals surface area contributed by atoms with Crippen LogP contribution in [0.3, 0.4) is 0 Å². The Labute approximate surface area is 86.5 Å². The van der Waals surface area contributed by atoms with Crippen LogP contribution in [-0.4, -0.2) is 12.6 Å². The predicted octanol–water partition coefficient (Wildman–Crippen LogP) is 2.85. The second-order valence-corrected chi connectivity index (χ2v) is 4.35. The summed E-state index contributed by atoms with van der Waals surface area (Å²) in [5, 5.41) is 3.58. The molecule has 1 aliphatic heterocycles. The van der Waals surface area contributed by atoms with Gasteiger partial charge < -0.3 is 5.32 Å². The molecule has 14 heavy (non-hydrogen) atoms. The molecule has 2 atom stereocenters. The van der Waals surface area contributed by atoms with Gasteiger partial charge in [0.25, 0.3) is 0 Å². The lowest BCUT2D eigenvalue weighted by Gasteiger charge is -2.21. The molecule has 1 aliphatic rings. The highest BCUT2D eigenvalue weighted by Crippen LogP contribution is 2.26. The summed E-state index contributed by atoms with van der Waals surface area (Å²) < 4.78 is 0. The first-order valence-corrected chi connectivity index (χ1v) is 5.58. The summed E-state index contributed by atoms with van der Waals surface area (Å²) in [6, 6.07) is 9.43. The zero-order valence-electron chi connectivity index (χ0n) is 9.09. The molecule has 0 spiro atoms. The van der Waals surface area contributed by atoms with Gasteiger partial charge in [-0.15, -0.1) is 0 Å². The van der Waals surface area contributed by atoms with Gasteiger partial charge in [0.15, 0.2) is 0 Å². The van der Waals surface area contributed by atoms with E-state index in [1.54, 1.807) is 0 Å². The van der Waals surface area contributed by atoms with Crippen molar-refractivity contribution in [2.24, 2.45) is 0 Å². The van der Waals surface area contributed by atoms with Crippen molar-refractivity contribution in [3.8, 4) is 0 Å². The van der Waals surface area contributed by atoms with E-state index in [0.29, 0.717) is 12.0 Å². The molecule has 0 aromatic heterocycles. The van der Waals surface area contributed by atoms with Crippen molar-refractivity contribution in [2.45, 2.75) is 38.6 Å². The van der Waals surface area contributed by atoms with Crippen molar-refractivity contribution in [1.29, 1.82) is 0 Å². The smallest absolute Gasteiger partial charge is 0.0134 e. The largest absolute Gasteiger partial charge is 0.313 e. The molecular formula is C13H19N. The van der Waals surface area contributed by atoms with Gasteiger partial charge in [0.1, 0.15) is 0 Å². The predicted molar refractivity (Wildman–Crippen MR) is 60.6 cm³/mol. The van der Waals surface area contributed by atoms with Gasteiger partial charge in [0, 0.05) is 6.04 Å². The Kier molecular flexibility index (Phi) is 2.87. The number of nitrogens with one attached hydrogen (secondary N) is 1. The van der Waals surface area contributed by atoms with Crippen molar-refractivity contribution in [3.63, 3.8) is 0 Å². The summed E-state index contributed by atoms with van der Waals surface area (Å²) in [6.07, 6.45) is 2.66. The number of hydrogen-bond donors (Lipinski definition) is 1. The molecule has 2 rings (SSSR count). The summed E-state index contributed by atoms with van der Waals surface area (Å²) >= 11 is 0. The molecule has 1 saturated heterocycles. The SMILES string of the molecule is Cc1ccccc1C(C)C1CCCN1. The van der Waals surface area contributed by atoms with E-state index < -0.39 is 0 Å². The number of hydrogen-bond acceptors (Lipinski definition) is 1. The molecular weight excluding hydrogens is 170 g/mol. The topological polar surface area (TPSA) is 12.0 Å². The van der Waals surface area contributed by atoms with Crippen LogP contribution in [0, 0.1) is 6.92 Å². The molecule has 0 saturated carbocycles. The summed E-state index contributed by atoms with van der Waals surface area (Å²) in [5.41, 5.74) is 2.93. The molecule has 0 amide bonds. The number of benzene rings is 1. The van der Waals surface area contributed by atoms with Gasteiger partial charge in [0.2, 0.25) is 0 Å². The minimum Gasteiger partial charge on any atom is -0.313 e. The lowest BCUT2D eigenvalue weighted by atomic mass is 9.89. The molecule has 0 aliphatic carbocycles. The fourth-order valence-electron chi connectivity index (χ4n) is 2.45. The van der Waals surface area contributed by atoms with Gasteiger partial charge in [-0.1, -0.05) is 31.2 Å². The number of rotatable bonds is 2. The van der Waals surface area contributed by atoms with Crippen LogP contribution in [0.4, 0.5) is 0 Å². The van der Waals surface area contributed by atoms with Gasteiger partial charge in [-0.3, -0.25) is 0 Å². The molecule has 0 bridgehead atoms. The van der Waals surface area contributed by atoms with Gasteiger partial charge >= 0.3 is 0 Å². The molecule has 76 valence electrons. The Hall–Kier alpha value is -0.820. The quantitative estimate of drug-likeness (QED) is 0.754. The molecule has 1 heteroatoms. The van der Waals surface area contributed by atoms with Crippen molar-refractivity contribution < 1.29 is 0 Å². The van der Waals surface area contributed by atoms with Crippen molar-refractivity contribution >= 4 is 0 Å². The van der Waals surface area contributed by atoms with E-state index >= 15 is 0 Å². The molecule has 1 nitrogen and oxygen atoms in total. The van der Waals surface area contributed by atoms with Gasteiger partial charge in [-0.2, -0.15) is 0 Å². The monoisotopic (exact) mass is 189 g/mol. The molecule has 1 aromatic rings. The third-order valence-corrected chi connectivity index (χ3v) is 3.38. The van der Waals surface area contributed by atoms with Crippen molar-refractivity contribution in [1.82, 2.24) is 5.32 Å². The first kappa shape index (κ1) is 9.72. The average Bonchev–Trinajstić information content (AvgIpc) is 2.70. The Morgan fingerprint density at radius 1 is 1.36 bits per heavy atom. The second kappa shape index (κ2) is 4.14. The zero-order valence-corrected chi connectivity index (χ0v) is 9.09. The van der Waals surface area contributed by atoms with Crippen molar-refractivity contribution in [2.75, 3.05) is 6.54 Å². The molecule has 1 fully saturated rings. The van der Waals surface area contributed by atoms with Crippen LogP contribution in [0.5, 0.6) is 0 Å². The standard InChI is InChI=1S/C13H19N/c1-10-6-3-4-7-12(10)11(2)13-8-5-9-14-13/h3-4,6-7,11,13-14H,5,8-9H2,1-2H3. The molecule has 2 unspecified atom stereocenters.